The van der Waals surface area contributed by atoms with Gasteiger partial charge in [-0.15, -0.1) is 0 Å². The highest BCUT2D eigenvalue weighted by atomic mass is 14.3. The third-order valence-electron chi connectivity index (χ3n) is 1.81. The second-order valence-electron chi connectivity index (χ2n) is 2.84. The molecule has 0 fully saturated rings. The van der Waals surface area contributed by atoms with E-state index in [1.165, 1.54) is 12.8 Å². The molecule has 0 heterocycles. The van der Waals surface area contributed by atoms with Crippen LogP contribution in [0.25, 0.3) is 0 Å². The first-order valence-electron chi connectivity index (χ1n) is 4.26. The molecular weight excluding hydrogens is 148 g/mol. The summed E-state index contributed by atoms with van der Waals surface area (Å²) in [6.07, 6.45) is 4.29. The van der Waals surface area contributed by atoms with Crippen molar-refractivity contribution in [3.05, 3.63) is 11.1 Å². The van der Waals surface area contributed by atoms with Gasteiger partial charge in [-0.1, -0.05) is 19.8 Å². The van der Waals surface area contributed by atoms with Crippen LogP contribution in [-0.2, 0) is 0 Å². The lowest BCUT2D eigenvalue weighted by Gasteiger charge is -1.98. The van der Waals surface area contributed by atoms with Gasteiger partial charge < -0.3 is 0 Å². The summed E-state index contributed by atoms with van der Waals surface area (Å²) in [5.74, 6) is 0. The smallest absolute Gasteiger partial charge is 0.128 e. The second kappa shape index (κ2) is 6.43. The normalized spacial score (nSPS) is 8.33. The summed E-state index contributed by atoms with van der Waals surface area (Å²) in [6.45, 7) is 3.99. The molecule has 0 aliphatic rings. The Morgan fingerprint density at radius 1 is 1.17 bits per heavy atom. The largest absolute Gasteiger partial charge is 0.192 e. The van der Waals surface area contributed by atoms with Crippen LogP contribution in [0.3, 0.4) is 0 Å². The zero-order chi connectivity index (χ0) is 9.40. The number of hydrogen-bond donors (Lipinski definition) is 0. The lowest BCUT2D eigenvalue weighted by Crippen LogP contribution is -1.84. The monoisotopic (exact) mass is 162 g/mol. The van der Waals surface area contributed by atoms with Crippen LogP contribution >= 0.6 is 0 Å². The molecule has 0 rings (SSSR count). The van der Waals surface area contributed by atoms with Crippen molar-refractivity contribution in [3.63, 3.8) is 0 Å². The Morgan fingerprint density at radius 3 is 2.17 bits per heavy atom. The van der Waals surface area contributed by atoms with Crippen LogP contribution in [0.2, 0.25) is 0 Å². The molecule has 64 valence electrons. The van der Waals surface area contributed by atoms with Gasteiger partial charge in [0.05, 0.1) is 0 Å². The molecule has 0 aliphatic carbocycles. The molecule has 0 aromatic carbocycles. The molecule has 0 radical (unpaired) electrons. The predicted molar refractivity (Wildman–Crippen MR) is 48.1 cm³/mol. The average Bonchev–Trinajstić information content (AvgIpc) is 2.07. The topological polar surface area (TPSA) is 47.6 Å². The number of hydrogen-bond acceptors (Lipinski definition) is 2. The van der Waals surface area contributed by atoms with E-state index in [2.05, 4.69) is 6.92 Å². The number of nitriles is 2. The molecule has 0 saturated carbocycles. The minimum atomic E-state index is 0.283. The first kappa shape index (κ1) is 10.7. The zero-order valence-electron chi connectivity index (χ0n) is 7.72. The molecule has 2 nitrogen and oxygen atoms in total. The van der Waals surface area contributed by atoms with E-state index in [9.17, 15) is 0 Å². The molecule has 0 bridgehead atoms. The maximum atomic E-state index is 8.52. The summed E-state index contributed by atoms with van der Waals surface area (Å²) in [5.41, 5.74) is 1.21. The molecule has 0 unspecified atom stereocenters. The molecular formula is C10H14N2. The van der Waals surface area contributed by atoms with E-state index >= 15 is 0 Å². The Kier molecular flexibility index (Phi) is 5.75. The van der Waals surface area contributed by atoms with E-state index in [0.717, 1.165) is 18.4 Å². The van der Waals surface area contributed by atoms with Crippen molar-refractivity contribution < 1.29 is 0 Å². The molecule has 0 aliphatic heterocycles. The molecule has 2 heteroatoms. The van der Waals surface area contributed by atoms with Crippen LogP contribution in [-0.4, -0.2) is 0 Å². The van der Waals surface area contributed by atoms with Crippen LogP contribution < -0.4 is 0 Å². The number of rotatable bonds is 4. The summed E-state index contributed by atoms with van der Waals surface area (Å²) in [7, 11) is 0. The van der Waals surface area contributed by atoms with Gasteiger partial charge in [-0.2, -0.15) is 10.5 Å². The number of allylic oxidation sites excluding steroid dienone is 2. The van der Waals surface area contributed by atoms with E-state index < -0.39 is 0 Å². The zero-order valence-corrected chi connectivity index (χ0v) is 7.72. The fraction of sp³-hybridized carbons (Fsp3) is 0.600. The van der Waals surface area contributed by atoms with Gasteiger partial charge in [0.25, 0.3) is 0 Å². The van der Waals surface area contributed by atoms with Crippen LogP contribution in [0.4, 0.5) is 0 Å². The fourth-order valence-electron chi connectivity index (χ4n) is 0.981. The van der Waals surface area contributed by atoms with Crippen molar-refractivity contribution in [1.29, 1.82) is 10.5 Å². The lowest BCUT2D eigenvalue weighted by molar-refractivity contribution is 0.712. The summed E-state index contributed by atoms with van der Waals surface area (Å²) < 4.78 is 0. The van der Waals surface area contributed by atoms with Crippen LogP contribution in [0.1, 0.15) is 39.5 Å². The molecule has 0 amide bonds. The first-order valence-corrected chi connectivity index (χ1v) is 4.26. The van der Waals surface area contributed by atoms with E-state index in [1.54, 1.807) is 0 Å². The molecule has 0 atom stereocenters. The molecule has 0 aromatic rings. The Morgan fingerprint density at radius 2 is 1.75 bits per heavy atom. The van der Waals surface area contributed by atoms with Crippen molar-refractivity contribution in [2.75, 3.05) is 0 Å². The van der Waals surface area contributed by atoms with Crippen molar-refractivity contribution in [3.8, 4) is 12.1 Å². The van der Waals surface area contributed by atoms with Gasteiger partial charge in [-0.05, 0) is 25.3 Å². The van der Waals surface area contributed by atoms with E-state index in [4.69, 9.17) is 10.5 Å². The van der Waals surface area contributed by atoms with E-state index in [-0.39, 0.29) is 5.57 Å². The maximum absolute atomic E-state index is 8.52. The minimum absolute atomic E-state index is 0.283. The van der Waals surface area contributed by atoms with Crippen molar-refractivity contribution in [1.82, 2.24) is 0 Å². The van der Waals surface area contributed by atoms with Gasteiger partial charge in [0.15, 0.2) is 0 Å². The molecule has 0 N–H and O–H groups in total. The van der Waals surface area contributed by atoms with E-state index in [0.29, 0.717) is 0 Å². The van der Waals surface area contributed by atoms with Crippen LogP contribution in [0.5, 0.6) is 0 Å². The maximum Gasteiger partial charge on any atom is 0.128 e. The Balaban J connectivity index is 4.02. The summed E-state index contributed by atoms with van der Waals surface area (Å²) in [4.78, 5) is 0. The van der Waals surface area contributed by atoms with Gasteiger partial charge >= 0.3 is 0 Å². The number of nitrogens with zero attached hydrogens (tertiary/aromatic N) is 2. The highest BCUT2D eigenvalue weighted by molar-refractivity contribution is 5.39. The fourth-order valence-corrected chi connectivity index (χ4v) is 0.981. The molecule has 0 spiro atoms. The molecule has 0 aromatic heterocycles. The standard InChI is InChI=1S/C10H14N2/c1-3-4-5-6-9(2)10(7-11)8-12/h3-6H2,1-2H3. The highest BCUT2D eigenvalue weighted by Crippen LogP contribution is 2.11. The molecule has 0 saturated heterocycles. The average molecular weight is 162 g/mol. The lowest BCUT2D eigenvalue weighted by atomic mass is 10.0. The Bertz CT molecular complexity index is 222. The quantitative estimate of drug-likeness (QED) is 0.471. The van der Waals surface area contributed by atoms with Crippen LogP contribution in [0, 0.1) is 22.7 Å². The Hall–Kier alpha value is -1.28. The SMILES string of the molecule is CCCCCC(C)=C(C#N)C#N. The predicted octanol–water partition coefficient (Wildman–Crippen LogP) is 2.93. The summed E-state index contributed by atoms with van der Waals surface area (Å²) >= 11 is 0. The van der Waals surface area contributed by atoms with Gasteiger partial charge in [0.2, 0.25) is 0 Å². The van der Waals surface area contributed by atoms with Crippen molar-refractivity contribution in [2.45, 2.75) is 39.5 Å². The second-order valence-corrected chi connectivity index (χ2v) is 2.84. The highest BCUT2D eigenvalue weighted by Gasteiger charge is 1.99. The Labute approximate surface area is 74.1 Å². The van der Waals surface area contributed by atoms with E-state index in [1.807, 2.05) is 19.1 Å². The minimum Gasteiger partial charge on any atom is -0.192 e. The summed E-state index contributed by atoms with van der Waals surface area (Å²) in [5, 5.41) is 17.0. The third kappa shape index (κ3) is 3.78. The van der Waals surface area contributed by atoms with Gasteiger partial charge in [0, 0.05) is 0 Å². The van der Waals surface area contributed by atoms with Crippen molar-refractivity contribution >= 4 is 0 Å². The first-order chi connectivity index (χ1) is 5.76. The van der Waals surface area contributed by atoms with Gasteiger partial charge in [0.1, 0.15) is 17.7 Å². The van der Waals surface area contributed by atoms with Crippen LogP contribution in [0.15, 0.2) is 11.1 Å². The summed E-state index contributed by atoms with van der Waals surface area (Å²) in [6, 6.07) is 3.79. The third-order valence-corrected chi connectivity index (χ3v) is 1.81. The van der Waals surface area contributed by atoms with Gasteiger partial charge in [-0.3, -0.25) is 0 Å². The van der Waals surface area contributed by atoms with Gasteiger partial charge in [-0.25, -0.2) is 0 Å². The number of unbranched alkanes of at least 4 members (excludes halogenated alkanes) is 2. The van der Waals surface area contributed by atoms with Crippen molar-refractivity contribution in [2.24, 2.45) is 0 Å². The molecule has 12 heavy (non-hydrogen) atoms.